The molecule has 2 rings (SSSR count). The Morgan fingerprint density at radius 3 is 2.79 bits per heavy atom. The topological polar surface area (TPSA) is 63.2 Å². The third kappa shape index (κ3) is 3.02. The Bertz CT molecular complexity index is 650. The fraction of sp³-hybridized carbons (Fsp3) is 0.200. The average Bonchev–Trinajstić information content (AvgIpc) is 2.75. The van der Waals surface area contributed by atoms with E-state index in [4.69, 9.17) is 14.4 Å². The Labute approximate surface area is 111 Å². The summed E-state index contributed by atoms with van der Waals surface area (Å²) in [6, 6.07) is 10.7. The fourth-order valence-electron chi connectivity index (χ4n) is 1.79. The first-order chi connectivity index (χ1) is 9.10. The molecule has 19 heavy (non-hydrogen) atoms. The minimum absolute atomic E-state index is 0.137. The van der Waals surface area contributed by atoms with E-state index in [1.54, 1.807) is 38.1 Å². The van der Waals surface area contributed by atoms with E-state index in [2.05, 4.69) is 0 Å². The molecule has 2 aromatic rings. The van der Waals surface area contributed by atoms with Crippen LogP contribution in [-0.4, -0.2) is 5.97 Å². The maximum absolute atomic E-state index is 11.9. The number of nitriles is 1. The molecule has 0 saturated heterocycles. The molecule has 0 bridgehead atoms. The van der Waals surface area contributed by atoms with Crippen LogP contribution in [0.25, 0.3) is 0 Å². The number of aryl methyl sites for hydroxylation is 2. The first-order valence-electron chi connectivity index (χ1n) is 5.83. The quantitative estimate of drug-likeness (QED) is 0.790. The molecule has 96 valence electrons. The molecule has 0 amide bonds. The van der Waals surface area contributed by atoms with Crippen molar-refractivity contribution in [2.24, 2.45) is 0 Å². The van der Waals surface area contributed by atoms with Gasteiger partial charge in [-0.2, -0.15) is 5.26 Å². The molecule has 0 spiro atoms. The van der Waals surface area contributed by atoms with E-state index < -0.39 is 5.97 Å². The minimum Gasteiger partial charge on any atom is -0.466 e. The second kappa shape index (κ2) is 5.40. The van der Waals surface area contributed by atoms with Crippen molar-refractivity contribution in [2.45, 2.75) is 20.5 Å². The molecule has 0 aliphatic heterocycles. The lowest BCUT2D eigenvalue weighted by Gasteiger charge is -2.04. The maximum Gasteiger partial charge on any atom is 0.342 e. The van der Waals surface area contributed by atoms with Gasteiger partial charge in [-0.25, -0.2) is 4.79 Å². The van der Waals surface area contributed by atoms with Gasteiger partial charge in [0.2, 0.25) is 0 Å². The lowest BCUT2D eigenvalue weighted by atomic mass is 10.1. The van der Waals surface area contributed by atoms with Crippen molar-refractivity contribution >= 4 is 5.97 Å². The molecule has 0 atom stereocenters. The normalized spacial score (nSPS) is 9.95. The lowest BCUT2D eigenvalue weighted by molar-refractivity contribution is 0.0470. The van der Waals surface area contributed by atoms with Gasteiger partial charge < -0.3 is 9.15 Å². The van der Waals surface area contributed by atoms with E-state index in [1.165, 1.54) is 0 Å². The van der Waals surface area contributed by atoms with Gasteiger partial charge in [0.1, 0.15) is 23.7 Å². The number of hydrogen-bond acceptors (Lipinski definition) is 4. The van der Waals surface area contributed by atoms with Gasteiger partial charge in [-0.05, 0) is 37.6 Å². The highest BCUT2D eigenvalue weighted by atomic mass is 16.5. The summed E-state index contributed by atoms with van der Waals surface area (Å²) in [7, 11) is 0. The van der Waals surface area contributed by atoms with Crippen molar-refractivity contribution in [3.63, 3.8) is 0 Å². The molecular formula is C15H13NO3. The lowest BCUT2D eigenvalue weighted by Crippen LogP contribution is -2.05. The molecule has 0 fully saturated rings. The van der Waals surface area contributed by atoms with E-state index in [9.17, 15) is 4.79 Å². The number of rotatable bonds is 3. The second-order valence-corrected chi connectivity index (χ2v) is 4.22. The number of ether oxygens (including phenoxy) is 1. The van der Waals surface area contributed by atoms with Crippen molar-refractivity contribution in [1.29, 1.82) is 5.26 Å². The minimum atomic E-state index is -0.420. The molecule has 0 radical (unpaired) electrons. The molecule has 4 nitrogen and oxygen atoms in total. The van der Waals surface area contributed by atoms with Crippen LogP contribution < -0.4 is 0 Å². The summed E-state index contributed by atoms with van der Waals surface area (Å²) in [5, 5.41) is 8.79. The van der Waals surface area contributed by atoms with Crippen LogP contribution in [0.2, 0.25) is 0 Å². The van der Waals surface area contributed by atoms with Gasteiger partial charge in [0.05, 0.1) is 11.6 Å². The van der Waals surface area contributed by atoms with Crippen LogP contribution in [0.1, 0.15) is 33.0 Å². The standard InChI is InChI=1S/C15H13NO3/c1-10-6-14(11(2)19-10)15(17)18-9-13-5-3-4-12(7-13)8-16/h3-7H,9H2,1-2H3. The Balaban J connectivity index is 2.04. The summed E-state index contributed by atoms with van der Waals surface area (Å²) in [6.07, 6.45) is 0. The maximum atomic E-state index is 11.9. The van der Waals surface area contributed by atoms with Crippen molar-refractivity contribution in [3.05, 3.63) is 58.5 Å². The monoisotopic (exact) mass is 255 g/mol. The van der Waals surface area contributed by atoms with E-state index >= 15 is 0 Å². The molecule has 1 aromatic heterocycles. The molecule has 1 heterocycles. The van der Waals surface area contributed by atoms with E-state index in [0.717, 1.165) is 5.56 Å². The predicted octanol–water partition coefficient (Wildman–Crippen LogP) is 3.13. The Morgan fingerprint density at radius 1 is 1.37 bits per heavy atom. The van der Waals surface area contributed by atoms with Crippen LogP contribution in [-0.2, 0) is 11.3 Å². The zero-order chi connectivity index (χ0) is 13.8. The number of esters is 1. The highest BCUT2D eigenvalue weighted by Crippen LogP contribution is 2.15. The highest BCUT2D eigenvalue weighted by molar-refractivity contribution is 5.90. The third-order valence-electron chi connectivity index (χ3n) is 2.69. The van der Waals surface area contributed by atoms with Gasteiger partial charge in [0, 0.05) is 0 Å². The highest BCUT2D eigenvalue weighted by Gasteiger charge is 2.14. The second-order valence-electron chi connectivity index (χ2n) is 4.22. The Hall–Kier alpha value is -2.54. The van der Waals surface area contributed by atoms with Crippen molar-refractivity contribution in [3.8, 4) is 6.07 Å². The van der Waals surface area contributed by atoms with E-state index in [-0.39, 0.29) is 6.61 Å². The van der Waals surface area contributed by atoms with Crippen LogP contribution >= 0.6 is 0 Å². The van der Waals surface area contributed by atoms with Gasteiger partial charge in [0.25, 0.3) is 0 Å². The Kier molecular flexibility index (Phi) is 3.67. The first-order valence-corrected chi connectivity index (χ1v) is 5.83. The fourth-order valence-corrected chi connectivity index (χ4v) is 1.79. The zero-order valence-corrected chi connectivity index (χ0v) is 10.8. The predicted molar refractivity (Wildman–Crippen MR) is 68.5 cm³/mol. The largest absolute Gasteiger partial charge is 0.466 e. The third-order valence-corrected chi connectivity index (χ3v) is 2.69. The van der Waals surface area contributed by atoms with Gasteiger partial charge >= 0.3 is 5.97 Å². The summed E-state index contributed by atoms with van der Waals surface area (Å²) in [5.74, 6) is 0.806. The van der Waals surface area contributed by atoms with Crippen LogP contribution in [0.4, 0.5) is 0 Å². The SMILES string of the molecule is Cc1cc(C(=O)OCc2cccc(C#N)c2)c(C)o1. The summed E-state index contributed by atoms with van der Waals surface area (Å²) in [6.45, 7) is 3.64. The number of carbonyl (C=O) groups excluding carboxylic acids is 1. The van der Waals surface area contributed by atoms with Gasteiger partial charge in [0.15, 0.2) is 0 Å². The molecule has 0 aliphatic carbocycles. The number of hydrogen-bond donors (Lipinski definition) is 0. The van der Waals surface area contributed by atoms with Gasteiger partial charge in [-0.1, -0.05) is 12.1 Å². The molecule has 4 heteroatoms. The summed E-state index contributed by atoms with van der Waals surface area (Å²) >= 11 is 0. The summed E-state index contributed by atoms with van der Waals surface area (Å²) < 4.78 is 10.5. The van der Waals surface area contributed by atoms with Crippen molar-refractivity contribution in [2.75, 3.05) is 0 Å². The smallest absolute Gasteiger partial charge is 0.342 e. The molecule has 0 unspecified atom stereocenters. The van der Waals surface area contributed by atoms with Gasteiger partial charge in [-0.15, -0.1) is 0 Å². The van der Waals surface area contributed by atoms with Crippen molar-refractivity contribution < 1.29 is 13.9 Å². The van der Waals surface area contributed by atoms with E-state index in [0.29, 0.717) is 22.6 Å². The van der Waals surface area contributed by atoms with Crippen LogP contribution in [0.3, 0.4) is 0 Å². The molecule has 0 saturated carbocycles. The number of nitrogens with zero attached hydrogens (tertiary/aromatic N) is 1. The summed E-state index contributed by atoms with van der Waals surface area (Å²) in [5.41, 5.74) is 1.77. The van der Waals surface area contributed by atoms with Gasteiger partial charge in [-0.3, -0.25) is 0 Å². The van der Waals surface area contributed by atoms with Crippen LogP contribution in [0.15, 0.2) is 34.7 Å². The number of furan rings is 1. The summed E-state index contributed by atoms with van der Waals surface area (Å²) in [4.78, 5) is 11.9. The number of carbonyl (C=O) groups is 1. The molecule has 1 aromatic carbocycles. The van der Waals surface area contributed by atoms with E-state index in [1.807, 2.05) is 12.1 Å². The first kappa shape index (κ1) is 12.9. The van der Waals surface area contributed by atoms with Crippen LogP contribution in [0.5, 0.6) is 0 Å². The average molecular weight is 255 g/mol. The molecular weight excluding hydrogens is 242 g/mol. The zero-order valence-electron chi connectivity index (χ0n) is 10.8. The molecule has 0 aliphatic rings. The number of benzene rings is 1. The molecule has 0 N–H and O–H groups in total. The van der Waals surface area contributed by atoms with Crippen molar-refractivity contribution in [1.82, 2.24) is 0 Å². The Morgan fingerprint density at radius 2 is 2.16 bits per heavy atom. The van der Waals surface area contributed by atoms with Crippen LogP contribution in [0, 0.1) is 25.2 Å².